The number of hydrogen-bond acceptors (Lipinski definition) is 6. The summed E-state index contributed by atoms with van der Waals surface area (Å²) in [4.78, 5) is 12.4. The topological polar surface area (TPSA) is 81.1 Å². The summed E-state index contributed by atoms with van der Waals surface area (Å²) in [6.45, 7) is 3.66. The first-order chi connectivity index (χ1) is 11.0. The predicted molar refractivity (Wildman–Crippen MR) is 93.7 cm³/mol. The molecule has 0 saturated carbocycles. The van der Waals surface area contributed by atoms with Crippen molar-refractivity contribution in [2.75, 3.05) is 18.8 Å². The summed E-state index contributed by atoms with van der Waals surface area (Å²) in [6.07, 6.45) is 1.88. The van der Waals surface area contributed by atoms with E-state index in [9.17, 15) is 4.79 Å². The number of thiocarbonyl (C=S) groups is 1. The van der Waals surface area contributed by atoms with E-state index < -0.39 is 0 Å². The lowest BCUT2D eigenvalue weighted by molar-refractivity contribution is 0.0974. The molecule has 0 saturated heterocycles. The van der Waals surface area contributed by atoms with Crippen LogP contribution in [0.5, 0.6) is 5.75 Å². The van der Waals surface area contributed by atoms with Gasteiger partial charge >= 0.3 is 0 Å². The van der Waals surface area contributed by atoms with Gasteiger partial charge in [-0.3, -0.25) is 15.5 Å². The van der Waals surface area contributed by atoms with Gasteiger partial charge in [0.1, 0.15) is 11.6 Å². The van der Waals surface area contributed by atoms with Crippen LogP contribution in [0.2, 0.25) is 0 Å². The molecule has 0 aliphatic heterocycles. The highest BCUT2D eigenvalue weighted by molar-refractivity contribution is 7.98. The Hall–Kier alpha value is -2.13. The number of para-hydroxylation sites is 1. The van der Waals surface area contributed by atoms with Crippen molar-refractivity contribution in [1.82, 2.24) is 20.2 Å². The lowest BCUT2D eigenvalue weighted by Gasteiger charge is -2.14. The van der Waals surface area contributed by atoms with E-state index in [4.69, 9.17) is 17.0 Å². The number of thioether (sulfide) groups is 1. The summed E-state index contributed by atoms with van der Waals surface area (Å²) >= 11 is 6.60. The van der Waals surface area contributed by atoms with Crippen molar-refractivity contribution in [2.24, 2.45) is 0 Å². The van der Waals surface area contributed by atoms with Crippen LogP contribution in [-0.2, 0) is 0 Å². The van der Waals surface area contributed by atoms with Crippen LogP contribution in [0.25, 0.3) is 0 Å². The van der Waals surface area contributed by atoms with Crippen molar-refractivity contribution in [3.8, 4) is 5.75 Å². The van der Waals surface area contributed by atoms with E-state index in [1.807, 2.05) is 19.2 Å². The zero-order valence-electron chi connectivity index (χ0n) is 13.2. The van der Waals surface area contributed by atoms with Crippen LogP contribution in [0, 0.1) is 13.8 Å². The van der Waals surface area contributed by atoms with E-state index in [-0.39, 0.29) is 11.0 Å². The van der Waals surface area contributed by atoms with Crippen LogP contribution in [0.3, 0.4) is 0 Å². The number of benzene rings is 1. The van der Waals surface area contributed by atoms with Gasteiger partial charge in [0.05, 0.1) is 12.7 Å². The molecule has 1 heterocycles. The first-order valence-corrected chi connectivity index (χ1v) is 8.33. The third-order valence-electron chi connectivity index (χ3n) is 3.08. The molecule has 1 aromatic carbocycles. The molecule has 0 spiro atoms. The molecule has 0 fully saturated rings. The van der Waals surface area contributed by atoms with Crippen molar-refractivity contribution in [3.05, 3.63) is 35.2 Å². The SMILES string of the molecule is COc1c(C)cccc1C(=O)NC(=S)Nn1c(C)nnc1SC. The lowest BCUT2D eigenvalue weighted by Crippen LogP contribution is -2.38. The smallest absolute Gasteiger partial charge is 0.261 e. The maximum atomic E-state index is 12.4. The fourth-order valence-electron chi connectivity index (χ4n) is 2.01. The highest BCUT2D eigenvalue weighted by Crippen LogP contribution is 2.22. The number of ether oxygens (including phenoxy) is 1. The Labute approximate surface area is 143 Å². The maximum Gasteiger partial charge on any atom is 0.261 e. The first kappa shape index (κ1) is 17.2. The van der Waals surface area contributed by atoms with Gasteiger partial charge in [-0.1, -0.05) is 23.9 Å². The molecule has 0 radical (unpaired) electrons. The molecule has 2 rings (SSSR count). The highest BCUT2D eigenvalue weighted by atomic mass is 32.2. The summed E-state index contributed by atoms with van der Waals surface area (Å²) in [6, 6.07) is 5.34. The van der Waals surface area contributed by atoms with E-state index in [2.05, 4.69) is 20.9 Å². The van der Waals surface area contributed by atoms with E-state index in [0.717, 1.165) is 5.56 Å². The van der Waals surface area contributed by atoms with Crippen molar-refractivity contribution in [2.45, 2.75) is 19.0 Å². The zero-order chi connectivity index (χ0) is 17.0. The predicted octanol–water partition coefficient (Wildman–Crippen LogP) is 1.88. The molecule has 0 aliphatic carbocycles. The molecule has 2 N–H and O–H groups in total. The number of hydrogen-bond donors (Lipinski definition) is 2. The Bertz CT molecular complexity index is 745. The van der Waals surface area contributed by atoms with Crippen molar-refractivity contribution >= 4 is 35.0 Å². The van der Waals surface area contributed by atoms with Gasteiger partial charge in [-0.05, 0) is 44.0 Å². The van der Waals surface area contributed by atoms with Crippen LogP contribution in [0.4, 0.5) is 0 Å². The molecule has 1 aromatic heterocycles. The normalized spacial score (nSPS) is 10.3. The van der Waals surface area contributed by atoms with E-state index >= 15 is 0 Å². The lowest BCUT2D eigenvalue weighted by atomic mass is 10.1. The summed E-state index contributed by atoms with van der Waals surface area (Å²) in [5, 5.41) is 11.4. The molecule has 0 atom stereocenters. The van der Waals surface area contributed by atoms with Gasteiger partial charge in [0.2, 0.25) is 5.16 Å². The van der Waals surface area contributed by atoms with Crippen LogP contribution in [0.1, 0.15) is 21.7 Å². The molecule has 2 aromatic rings. The Kier molecular flexibility index (Phi) is 5.56. The van der Waals surface area contributed by atoms with Gasteiger partial charge in [-0.15, -0.1) is 10.2 Å². The minimum atomic E-state index is -0.348. The minimum Gasteiger partial charge on any atom is -0.496 e. The van der Waals surface area contributed by atoms with E-state index in [1.165, 1.54) is 18.9 Å². The monoisotopic (exact) mass is 351 g/mol. The molecule has 7 nitrogen and oxygen atoms in total. The zero-order valence-corrected chi connectivity index (χ0v) is 14.8. The number of nitrogens with one attached hydrogen (secondary N) is 2. The van der Waals surface area contributed by atoms with E-state index in [1.54, 1.807) is 23.7 Å². The standard InChI is InChI=1S/C14H17N5O2S2/c1-8-6-5-7-10(11(8)21-3)12(20)15-13(22)18-19-9(2)16-17-14(19)23-4/h5-7H,1-4H3,(H2,15,18,20,22). The van der Waals surface area contributed by atoms with E-state index in [0.29, 0.717) is 22.3 Å². The number of methoxy groups -OCH3 is 1. The van der Waals surface area contributed by atoms with Crippen molar-refractivity contribution in [1.29, 1.82) is 0 Å². The first-order valence-electron chi connectivity index (χ1n) is 6.70. The number of aryl methyl sites for hydroxylation is 2. The number of carbonyl (C=O) groups excluding carboxylic acids is 1. The van der Waals surface area contributed by atoms with Gasteiger partial charge in [0, 0.05) is 0 Å². The van der Waals surface area contributed by atoms with Crippen LogP contribution in [-0.4, -0.2) is 39.3 Å². The fraction of sp³-hybridized carbons (Fsp3) is 0.286. The minimum absolute atomic E-state index is 0.150. The van der Waals surface area contributed by atoms with Gasteiger partial charge < -0.3 is 4.74 Å². The molecule has 23 heavy (non-hydrogen) atoms. The summed E-state index contributed by atoms with van der Waals surface area (Å²) < 4.78 is 6.90. The third kappa shape index (κ3) is 3.80. The van der Waals surface area contributed by atoms with Gasteiger partial charge in [0.25, 0.3) is 5.91 Å². The Morgan fingerprint density at radius 3 is 2.74 bits per heavy atom. The number of aromatic nitrogens is 3. The molecular weight excluding hydrogens is 334 g/mol. The molecule has 0 bridgehead atoms. The molecule has 9 heteroatoms. The van der Waals surface area contributed by atoms with Crippen molar-refractivity contribution in [3.63, 3.8) is 0 Å². The number of nitrogens with zero attached hydrogens (tertiary/aromatic N) is 3. The molecule has 1 amide bonds. The van der Waals surface area contributed by atoms with Gasteiger partial charge in [0.15, 0.2) is 5.11 Å². The second-order valence-electron chi connectivity index (χ2n) is 4.62. The Morgan fingerprint density at radius 1 is 1.35 bits per heavy atom. The fourth-order valence-corrected chi connectivity index (χ4v) is 2.67. The number of carbonyl (C=O) groups is 1. The molecule has 0 aliphatic rings. The Morgan fingerprint density at radius 2 is 2.09 bits per heavy atom. The quantitative estimate of drug-likeness (QED) is 0.643. The second kappa shape index (κ2) is 7.42. The highest BCUT2D eigenvalue weighted by Gasteiger charge is 2.16. The number of amides is 1. The summed E-state index contributed by atoms with van der Waals surface area (Å²) in [5.41, 5.74) is 4.18. The third-order valence-corrected chi connectivity index (χ3v) is 3.90. The summed E-state index contributed by atoms with van der Waals surface area (Å²) in [5.74, 6) is 0.816. The second-order valence-corrected chi connectivity index (χ2v) is 5.80. The summed E-state index contributed by atoms with van der Waals surface area (Å²) in [7, 11) is 1.53. The Balaban J connectivity index is 2.13. The van der Waals surface area contributed by atoms with Crippen LogP contribution < -0.4 is 15.5 Å². The van der Waals surface area contributed by atoms with Gasteiger partial charge in [-0.2, -0.15) is 0 Å². The van der Waals surface area contributed by atoms with Crippen molar-refractivity contribution < 1.29 is 9.53 Å². The molecule has 0 unspecified atom stereocenters. The van der Waals surface area contributed by atoms with Gasteiger partial charge in [-0.25, -0.2) is 4.68 Å². The number of rotatable bonds is 4. The largest absolute Gasteiger partial charge is 0.496 e. The molecular formula is C14H17N5O2S2. The molecule has 122 valence electrons. The average molecular weight is 351 g/mol. The van der Waals surface area contributed by atoms with Crippen LogP contribution in [0.15, 0.2) is 23.4 Å². The van der Waals surface area contributed by atoms with Crippen LogP contribution >= 0.6 is 24.0 Å². The maximum absolute atomic E-state index is 12.4. The average Bonchev–Trinajstić information content (AvgIpc) is 2.87.